The maximum Gasteiger partial charge on any atom is 0.294 e. The van der Waals surface area contributed by atoms with Gasteiger partial charge in [-0.15, -0.1) is 0 Å². The summed E-state index contributed by atoms with van der Waals surface area (Å²) in [6.45, 7) is 3.64. The van der Waals surface area contributed by atoms with Crippen LogP contribution in [0.4, 0.5) is 0 Å². The number of rotatable bonds is 8. The Bertz CT molecular complexity index is 496. The molecule has 9 heteroatoms. The Hall–Kier alpha value is -0.240. The Kier molecular flexibility index (Phi) is 8.03. The normalized spacial score (nSPS) is 14.5. The number of unbranched alkanes of at least 4 members (excludes halogenated alkanes) is 2. The van der Waals surface area contributed by atoms with E-state index in [1.165, 1.54) is 12.2 Å². The average molecular weight is 351 g/mol. The van der Waals surface area contributed by atoms with Crippen molar-refractivity contribution in [2.75, 3.05) is 0 Å². The summed E-state index contributed by atoms with van der Waals surface area (Å²) in [5, 5.41) is -1.25. The Morgan fingerprint density at radius 1 is 0.895 bits per heavy atom. The van der Waals surface area contributed by atoms with Crippen molar-refractivity contribution in [1.29, 1.82) is 0 Å². The minimum atomic E-state index is -4.17. The molecule has 0 radical (unpaired) electrons. The third kappa shape index (κ3) is 7.81. The number of allylic oxidation sites excluding steroid dienone is 2. The maximum absolute atomic E-state index is 11.3. The van der Waals surface area contributed by atoms with E-state index >= 15 is 0 Å². The molecule has 0 bridgehead atoms. The molecule has 0 aromatic heterocycles. The van der Waals surface area contributed by atoms with E-state index in [0.717, 1.165) is 0 Å². The van der Waals surface area contributed by atoms with Crippen LogP contribution < -0.4 is 0 Å². The zero-order valence-electron chi connectivity index (χ0n) is 10.6. The second-order valence-corrected chi connectivity index (χ2v) is 8.60. The molecule has 0 heterocycles. The van der Waals surface area contributed by atoms with Crippen LogP contribution in [0.2, 0.25) is 0 Å². The Morgan fingerprint density at radius 2 is 1.21 bits per heavy atom. The highest BCUT2D eigenvalue weighted by Gasteiger charge is 2.23. The van der Waals surface area contributed by atoms with Gasteiger partial charge in [-0.2, -0.15) is 0 Å². The predicted octanol–water partition coefficient (Wildman–Crippen LogP) is 3.42. The lowest BCUT2D eigenvalue weighted by molar-refractivity contribution is 0.354. The molecule has 0 aliphatic heterocycles. The summed E-state index contributed by atoms with van der Waals surface area (Å²) in [6.07, 6.45) is 4.49. The largest absolute Gasteiger partial charge is 0.431 e. The first-order valence-corrected chi connectivity index (χ1v) is 10.2. The summed E-state index contributed by atoms with van der Waals surface area (Å²) in [5.41, 5.74) is 0. The number of hydrogen-bond donors (Lipinski definition) is 0. The van der Waals surface area contributed by atoms with E-state index in [1.54, 1.807) is 0 Å². The number of hydrogen-bond acceptors (Lipinski definition) is 5. The van der Waals surface area contributed by atoms with Gasteiger partial charge >= 0.3 is 0 Å². The molecule has 0 aromatic rings. The summed E-state index contributed by atoms with van der Waals surface area (Å²) in [5.74, 6) is 0. The standard InChI is InChI=1S/C10H16Cl2O5S2/c1-3-5-7-9(18(11,13)14)17-10(8-6-4-2)19(12,15)16/h7-8H,3-6H2,1-2H3/b9-7+,10-8+. The highest BCUT2D eigenvalue weighted by atomic mass is 35.7. The average Bonchev–Trinajstić information content (AvgIpc) is 2.24. The van der Waals surface area contributed by atoms with Gasteiger partial charge in [0.05, 0.1) is 0 Å². The lowest BCUT2D eigenvalue weighted by Gasteiger charge is -2.08. The van der Waals surface area contributed by atoms with E-state index in [2.05, 4.69) is 0 Å². The van der Waals surface area contributed by atoms with Crippen molar-refractivity contribution >= 4 is 39.5 Å². The lowest BCUT2D eigenvalue weighted by atomic mass is 10.3. The van der Waals surface area contributed by atoms with Gasteiger partial charge in [-0.1, -0.05) is 26.7 Å². The quantitative estimate of drug-likeness (QED) is 0.495. The SMILES string of the molecule is CCC/C=C(\O/C(=C\CCC)S(=O)(=O)Cl)S(=O)(=O)Cl. The van der Waals surface area contributed by atoms with Gasteiger partial charge in [-0.3, -0.25) is 0 Å². The van der Waals surface area contributed by atoms with Crippen LogP contribution in [0.3, 0.4) is 0 Å². The fourth-order valence-electron chi connectivity index (χ4n) is 1.01. The fraction of sp³-hybridized carbons (Fsp3) is 0.600. The molecule has 0 N–H and O–H groups in total. The first-order chi connectivity index (χ1) is 8.62. The fourth-order valence-corrected chi connectivity index (χ4v) is 2.64. The van der Waals surface area contributed by atoms with Crippen LogP contribution in [0.25, 0.3) is 0 Å². The van der Waals surface area contributed by atoms with Crippen molar-refractivity contribution in [2.45, 2.75) is 39.5 Å². The van der Waals surface area contributed by atoms with Gasteiger partial charge in [0.2, 0.25) is 10.2 Å². The molecular weight excluding hydrogens is 335 g/mol. The zero-order valence-corrected chi connectivity index (χ0v) is 13.7. The summed E-state index contributed by atoms with van der Waals surface area (Å²) in [7, 11) is 2.01. The van der Waals surface area contributed by atoms with Crippen LogP contribution in [-0.4, -0.2) is 16.8 Å². The molecule has 0 saturated heterocycles. The Labute approximate surface area is 123 Å². The predicted molar refractivity (Wildman–Crippen MR) is 76.6 cm³/mol. The maximum atomic E-state index is 11.3. The molecule has 0 atom stereocenters. The molecular formula is C10H16Cl2O5S2. The van der Waals surface area contributed by atoms with E-state index in [-0.39, 0.29) is 0 Å². The monoisotopic (exact) mass is 350 g/mol. The van der Waals surface area contributed by atoms with Gasteiger partial charge in [0, 0.05) is 21.4 Å². The van der Waals surface area contributed by atoms with Crippen LogP contribution in [0.5, 0.6) is 0 Å². The lowest BCUT2D eigenvalue weighted by Crippen LogP contribution is -2.06. The van der Waals surface area contributed by atoms with Crippen molar-refractivity contribution in [3.8, 4) is 0 Å². The van der Waals surface area contributed by atoms with Gasteiger partial charge in [0.15, 0.2) is 0 Å². The highest BCUT2D eigenvalue weighted by Crippen LogP contribution is 2.24. The van der Waals surface area contributed by atoms with E-state index in [9.17, 15) is 16.8 Å². The van der Waals surface area contributed by atoms with Crippen LogP contribution in [-0.2, 0) is 22.8 Å². The van der Waals surface area contributed by atoms with Crippen molar-refractivity contribution in [3.05, 3.63) is 22.3 Å². The van der Waals surface area contributed by atoms with E-state index in [4.69, 9.17) is 26.1 Å². The topological polar surface area (TPSA) is 77.5 Å². The van der Waals surface area contributed by atoms with Gasteiger partial charge in [-0.05, 0) is 25.0 Å². The number of ether oxygens (including phenoxy) is 1. The second kappa shape index (κ2) is 8.14. The molecule has 19 heavy (non-hydrogen) atoms. The van der Waals surface area contributed by atoms with Gasteiger partial charge in [0.1, 0.15) is 0 Å². The third-order valence-electron chi connectivity index (χ3n) is 1.88. The molecule has 0 aliphatic rings. The van der Waals surface area contributed by atoms with Crippen LogP contribution in [0.15, 0.2) is 22.3 Å². The molecule has 0 aromatic carbocycles. The van der Waals surface area contributed by atoms with Crippen molar-refractivity contribution in [3.63, 3.8) is 0 Å². The van der Waals surface area contributed by atoms with Crippen molar-refractivity contribution in [2.24, 2.45) is 0 Å². The summed E-state index contributed by atoms with van der Waals surface area (Å²) in [6, 6.07) is 0. The van der Waals surface area contributed by atoms with Gasteiger partial charge in [-0.25, -0.2) is 16.8 Å². The van der Waals surface area contributed by atoms with Gasteiger partial charge < -0.3 is 4.74 Å². The molecule has 0 saturated carbocycles. The molecule has 0 rings (SSSR count). The van der Waals surface area contributed by atoms with Crippen LogP contribution in [0, 0.1) is 0 Å². The molecule has 0 spiro atoms. The van der Waals surface area contributed by atoms with E-state index in [0.29, 0.717) is 25.7 Å². The first kappa shape index (κ1) is 18.8. The van der Waals surface area contributed by atoms with E-state index < -0.39 is 28.3 Å². The minimum absolute atomic E-state index is 0.380. The van der Waals surface area contributed by atoms with Crippen LogP contribution in [0.1, 0.15) is 39.5 Å². The summed E-state index contributed by atoms with van der Waals surface area (Å²) < 4.78 is 50.0. The summed E-state index contributed by atoms with van der Waals surface area (Å²) in [4.78, 5) is 0. The van der Waals surface area contributed by atoms with Crippen molar-refractivity contribution in [1.82, 2.24) is 0 Å². The molecule has 0 fully saturated rings. The highest BCUT2D eigenvalue weighted by molar-refractivity contribution is 8.17. The first-order valence-electron chi connectivity index (χ1n) is 5.60. The smallest absolute Gasteiger partial charge is 0.294 e. The zero-order chi connectivity index (χ0) is 15.1. The molecule has 0 unspecified atom stereocenters. The molecule has 112 valence electrons. The van der Waals surface area contributed by atoms with E-state index in [1.807, 2.05) is 13.8 Å². The summed E-state index contributed by atoms with van der Waals surface area (Å²) >= 11 is 0. The Balaban J connectivity index is 5.41. The third-order valence-corrected chi connectivity index (χ3v) is 4.25. The second-order valence-electron chi connectivity index (χ2n) is 3.60. The number of halogens is 2. The molecule has 0 aliphatic carbocycles. The van der Waals surface area contributed by atoms with Crippen LogP contribution >= 0.6 is 21.4 Å². The van der Waals surface area contributed by atoms with Crippen molar-refractivity contribution < 1.29 is 21.6 Å². The van der Waals surface area contributed by atoms with Gasteiger partial charge in [0.25, 0.3) is 18.1 Å². The molecule has 0 amide bonds. The minimum Gasteiger partial charge on any atom is -0.431 e. The molecule has 5 nitrogen and oxygen atoms in total. The Morgan fingerprint density at radius 3 is 1.42 bits per heavy atom.